The Morgan fingerprint density at radius 3 is 2.57 bits per heavy atom. The lowest BCUT2D eigenvalue weighted by Crippen LogP contribution is -2.16. The molecule has 1 heterocycles. The van der Waals surface area contributed by atoms with Gasteiger partial charge in [-0.25, -0.2) is 0 Å². The number of aromatic amines is 1. The van der Waals surface area contributed by atoms with Crippen LogP contribution in [0.4, 0.5) is 5.69 Å². The maximum Gasteiger partial charge on any atom is 0.281 e. The number of anilines is 1. The predicted octanol–water partition coefficient (Wildman–Crippen LogP) is 2.39. The number of aliphatic hydroxyl groups is 1. The number of H-pyrrole nitrogens is 1. The average Bonchev–Trinajstić information content (AvgIpc) is 2.75. The molecule has 2 rings (SSSR count). The minimum Gasteiger partial charge on any atom is -0.392 e. The van der Waals surface area contributed by atoms with Crippen molar-refractivity contribution < 1.29 is 13.5 Å². The van der Waals surface area contributed by atoms with Gasteiger partial charge in [0.2, 0.25) is 5.03 Å². The van der Waals surface area contributed by atoms with E-state index in [1.807, 2.05) is 26.0 Å². The topological polar surface area (TPSA) is 95.1 Å². The molecule has 0 atom stereocenters. The van der Waals surface area contributed by atoms with Crippen molar-refractivity contribution in [2.24, 2.45) is 0 Å². The van der Waals surface area contributed by atoms with E-state index in [-0.39, 0.29) is 10.6 Å². The number of hydrogen-bond donors (Lipinski definition) is 3. The minimum absolute atomic E-state index is 0.186. The first-order valence-electron chi connectivity index (χ1n) is 6.20. The summed E-state index contributed by atoms with van der Waals surface area (Å²) in [5.74, 6) is 0. The van der Waals surface area contributed by atoms with Gasteiger partial charge in [-0.1, -0.05) is 6.07 Å². The maximum absolute atomic E-state index is 12.5. The lowest BCUT2D eigenvalue weighted by Gasteiger charge is -2.12. The Balaban J connectivity index is 2.47. The summed E-state index contributed by atoms with van der Waals surface area (Å²) in [5.41, 5.74) is 3.07. The quantitative estimate of drug-likeness (QED) is 0.766. The molecule has 21 heavy (non-hydrogen) atoms. The van der Waals surface area contributed by atoms with Gasteiger partial charge < -0.3 is 5.11 Å². The predicted molar refractivity (Wildman–Crippen MR) is 83.7 cm³/mol. The first-order chi connectivity index (χ1) is 9.76. The fourth-order valence-electron chi connectivity index (χ4n) is 2.07. The van der Waals surface area contributed by atoms with Gasteiger partial charge in [-0.2, -0.15) is 13.5 Å². The van der Waals surface area contributed by atoms with Gasteiger partial charge in [0.25, 0.3) is 10.0 Å². The Hall–Kier alpha value is -1.38. The van der Waals surface area contributed by atoms with Gasteiger partial charge in [0, 0.05) is 15.7 Å². The lowest BCUT2D eigenvalue weighted by atomic mass is 10.1. The highest BCUT2D eigenvalue weighted by atomic mass is 79.9. The van der Waals surface area contributed by atoms with Crippen molar-refractivity contribution in [3.8, 4) is 0 Å². The van der Waals surface area contributed by atoms with E-state index in [1.165, 1.54) is 0 Å². The Morgan fingerprint density at radius 1 is 1.33 bits per heavy atom. The van der Waals surface area contributed by atoms with Crippen molar-refractivity contribution in [3.63, 3.8) is 0 Å². The van der Waals surface area contributed by atoms with E-state index in [9.17, 15) is 13.5 Å². The molecular formula is C13H16BrN3O3S. The van der Waals surface area contributed by atoms with Crippen LogP contribution in [0.15, 0.2) is 21.6 Å². The fraction of sp³-hybridized carbons (Fsp3) is 0.308. The van der Waals surface area contributed by atoms with Crippen LogP contribution in [-0.4, -0.2) is 23.7 Å². The van der Waals surface area contributed by atoms with Gasteiger partial charge in [-0.3, -0.25) is 9.82 Å². The van der Waals surface area contributed by atoms with Crippen molar-refractivity contribution in [1.29, 1.82) is 0 Å². The summed E-state index contributed by atoms with van der Waals surface area (Å²) < 4.78 is 28.1. The molecule has 6 nitrogen and oxygen atoms in total. The molecule has 0 unspecified atom stereocenters. The third-order valence-electron chi connectivity index (χ3n) is 3.12. The van der Waals surface area contributed by atoms with Crippen LogP contribution in [0.3, 0.4) is 0 Å². The van der Waals surface area contributed by atoms with E-state index < -0.39 is 16.6 Å². The van der Waals surface area contributed by atoms with Crippen LogP contribution in [0.1, 0.15) is 22.4 Å². The number of aliphatic hydroxyl groups excluding tert-OH is 1. The van der Waals surface area contributed by atoms with Gasteiger partial charge in [0.15, 0.2) is 0 Å². The van der Waals surface area contributed by atoms with Crippen molar-refractivity contribution in [2.45, 2.75) is 32.4 Å². The summed E-state index contributed by atoms with van der Waals surface area (Å²) in [5, 5.41) is 15.5. The van der Waals surface area contributed by atoms with Gasteiger partial charge in [-0.15, -0.1) is 0 Å². The Kier molecular flexibility index (Phi) is 4.40. The largest absolute Gasteiger partial charge is 0.392 e. The monoisotopic (exact) mass is 373 g/mol. The van der Waals surface area contributed by atoms with Crippen LogP contribution >= 0.6 is 15.9 Å². The van der Waals surface area contributed by atoms with Crippen LogP contribution < -0.4 is 4.72 Å². The number of halogens is 1. The van der Waals surface area contributed by atoms with Crippen LogP contribution in [-0.2, 0) is 16.6 Å². The summed E-state index contributed by atoms with van der Waals surface area (Å²) in [4.78, 5) is 0. The van der Waals surface area contributed by atoms with Crippen LogP contribution in [0.5, 0.6) is 0 Å². The van der Waals surface area contributed by atoms with Crippen molar-refractivity contribution in [1.82, 2.24) is 10.2 Å². The zero-order valence-corrected chi connectivity index (χ0v) is 14.3. The second-order valence-corrected chi connectivity index (χ2v) is 7.29. The summed E-state index contributed by atoms with van der Waals surface area (Å²) in [6, 6.07) is 3.71. The summed E-state index contributed by atoms with van der Waals surface area (Å²) in [7, 11) is -3.88. The molecular weight excluding hydrogens is 358 g/mol. The van der Waals surface area contributed by atoms with Gasteiger partial charge in [-0.05, 0) is 53.9 Å². The summed E-state index contributed by atoms with van der Waals surface area (Å²) in [6.07, 6.45) is 0. The first kappa shape index (κ1) is 16.0. The van der Waals surface area contributed by atoms with Crippen molar-refractivity contribution >= 4 is 31.6 Å². The fourth-order valence-corrected chi connectivity index (χ4v) is 4.31. The molecule has 2 aromatic rings. The normalized spacial score (nSPS) is 11.7. The average molecular weight is 374 g/mol. The number of nitrogens with zero attached hydrogens (tertiary/aromatic N) is 1. The SMILES string of the molecule is Cc1cc(C)c(NS(=O)(=O)c2n[nH]c(C)c2CO)c(Br)c1. The molecule has 0 saturated heterocycles. The Labute approximate surface area is 131 Å². The lowest BCUT2D eigenvalue weighted by molar-refractivity contribution is 0.277. The molecule has 1 aromatic carbocycles. The van der Waals surface area contributed by atoms with Gasteiger partial charge >= 0.3 is 0 Å². The first-order valence-corrected chi connectivity index (χ1v) is 8.48. The van der Waals surface area contributed by atoms with Gasteiger partial charge in [0.1, 0.15) is 0 Å². The van der Waals surface area contributed by atoms with Crippen LogP contribution in [0, 0.1) is 20.8 Å². The number of benzene rings is 1. The Morgan fingerprint density at radius 2 is 2.00 bits per heavy atom. The van der Waals surface area contributed by atoms with Gasteiger partial charge in [0.05, 0.1) is 12.3 Å². The number of sulfonamides is 1. The maximum atomic E-state index is 12.5. The molecule has 1 aromatic heterocycles. The molecule has 0 bridgehead atoms. The molecule has 3 N–H and O–H groups in total. The van der Waals surface area contributed by atoms with Crippen molar-refractivity contribution in [3.05, 3.63) is 39.0 Å². The zero-order chi connectivity index (χ0) is 15.8. The van der Waals surface area contributed by atoms with E-state index in [1.54, 1.807) is 6.92 Å². The zero-order valence-electron chi connectivity index (χ0n) is 11.9. The molecule has 0 saturated carbocycles. The summed E-state index contributed by atoms with van der Waals surface area (Å²) >= 11 is 3.36. The summed E-state index contributed by atoms with van der Waals surface area (Å²) in [6.45, 7) is 5.01. The standard InChI is InChI=1S/C13H16BrN3O3S/c1-7-4-8(2)12(11(14)5-7)17-21(19,20)13-10(6-18)9(3)15-16-13/h4-5,17-18H,6H2,1-3H3,(H,15,16). The molecule has 8 heteroatoms. The highest BCUT2D eigenvalue weighted by Crippen LogP contribution is 2.30. The van der Waals surface area contributed by atoms with Crippen LogP contribution in [0.2, 0.25) is 0 Å². The molecule has 0 aliphatic heterocycles. The smallest absolute Gasteiger partial charge is 0.281 e. The number of hydrogen-bond acceptors (Lipinski definition) is 4. The second-order valence-electron chi connectivity index (χ2n) is 4.83. The third-order valence-corrected chi connectivity index (χ3v) is 5.06. The Bertz CT molecular complexity index is 761. The molecule has 0 aliphatic carbocycles. The van der Waals surface area contributed by atoms with Crippen molar-refractivity contribution in [2.75, 3.05) is 4.72 Å². The molecule has 0 radical (unpaired) electrons. The van der Waals surface area contributed by atoms with E-state index in [2.05, 4.69) is 30.8 Å². The molecule has 0 fully saturated rings. The number of nitrogens with one attached hydrogen (secondary N) is 2. The second kappa shape index (κ2) is 5.78. The number of aromatic nitrogens is 2. The van der Waals surface area contributed by atoms with Crippen LogP contribution in [0.25, 0.3) is 0 Å². The highest BCUT2D eigenvalue weighted by Gasteiger charge is 2.24. The minimum atomic E-state index is -3.88. The van der Waals surface area contributed by atoms with E-state index >= 15 is 0 Å². The molecule has 0 aliphatic rings. The number of rotatable bonds is 4. The highest BCUT2D eigenvalue weighted by molar-refractivity contribution is 9.10. The van der Waals surface area contributed by atoms with E-state index in [0.717, 1.165) is 11.1 Å². The van der Waals surface area contributed by atoms with E-state index in [4.69, 9.17) is 0 Å². The molecule has 0 amide bonds. The third kappa shape index (κ3) is 3.12. The van der Waals surface area contributed by atoms with E-state index in [0.29, 0.717) is 15.9 Å². The molecule has 0 spiro atoms. The number of aryl methyl sites for hydroxylation is 3. The molecule has 114 valence electrons.